The quantitative estimate of drug-likeness (QED) is 0.622. The number of rotatable bonds is 6. The fourth-order valence-electron chi connectivity index (χ4n) is 0.773. The van der Waals surface area contributed by atoms with Gasteiger partial charge in [-0.25, -0.2) is 4.79 Å². The lowest BCUT2D eigenvalue weighted by Crippen LogP contribution is -2.29. The Balaban J connectivity index is 3.66. The first-order valence-electron chi connectivity index (χ1n) is 4.42. The molecule has 1 atom stereocenters. The number of hydrogen-bond acceptors (Lipinski definition) is 4. The van der Waals surface area contributed by atoms with Gasteiger partial charge in [0.1, 0.15) is 0 Å². The summed E-state index contributed by atoms with van der Waals surface area (Å²) in [7, 11) is 1.27. The van der Waals surface area contributed by atoms with Gasteiger partial charge in [-0.05, 0) is 12.3 Å². The van der Waals surface area contributed by atoms with Crippen LogP contribution in [0.25, 0.3) is 0 Å². The molecule has 0 heterocycles. The number of carbonyl (C=O) groups is 1. The maximum atomic E-state index is 10.9. The van der Waals surface area contributed by atoms with E-state index < -0.39 is 12.1 Å². The van der Waals surface area contributed by atoms with E-state index in [-0.39, 0.29) is 6.61 Å². The molecule has 0 rings (SSSR count). The Morgan fingerprint density at radius 2 is 2.08 bits per heavy atom. The highest BCUT2D eigenvalue weighted by molar-refractivity contribution is 5.74. The van der Waals surface area contributed by atoms with E-state index >= 15 is 0 Å². The molecule has 0 fully saturated rings. The second kappa shape index (κ2) is 6.86. The maximum Gasteiger partial charge on any atom is 0.337 e. The van der Waals surface area contributed by atoms with Gasteiger partial charge < -0.3 is 14.6 Å². The lowest BCUT2D eigenvalue weighted by atomic mass is 10.1. The molecule has 0 radical (unpaired) electrons. The molecule has 0 aromatic rings. The lowest BCUT2D eigenvalue weighted by molar-refractivity contribution is -0.156. The molecule has 0 spiro atoms. The van der Waals surface area contributed by atoms with Crippen LogP contribution in [0.2, 0.25) is 0 Å². The number of aliphatic hydroxyl groups excluding tert-OH is 1. The Hall–Kier alpha value is -0.610. The molecule has 4 heteroatoms. The Kier molecular flexibility index (Phi) is 6.54. The van der Waals surface area contributed by atoms with Crippen LogP contribution in [0.3, 0.4) is 0 Å². The first kappa shape index (κ1) is 12.4. The SMILES string of the molecule is COC(=O)C(CO)OCCC(C)C. The first-order chi connectivity index (χ1) is 6.11. The summed E-state index contributed by atoms with van der Waals surface area (Å²) >= 11 is 0. The van der Waals surface area contributed by atoms with Gasteiger partial charge in [0.25, 0.3) is 0 Å². The normalized spacial score (nSPS) is 13.0. The Labute approximate surface area is 78.8 Å². The van der Waals surface area contributed by atoms with Crippen molar-refractivity contribution in [2.45, 2.75) is 26.4 Å². The minimum atomic E-state index is -0.830. The summed E-state index contributed by atoms with van der Waals surface area (Å²) in [5.74, 6) is 0.00301. The third-order valence-corrected chi connectivity index (χ3v) is 1.64. The summed E-state index contributed by atoms with van der Waals surface area (Å²) in [5, 5.41) is 8.77. The van der Waals surface area contributed by atoms with Crippen molar-refractivity contribution < 1.29 is 19.4 Å². The van der Waals surface area contributed by atoms with Crippen LogP contribution in [0.15, 0.2) is 0 Å². The van der Waals surface area contributed by atoms with E-state index in [2.05, 4.69) is 18.6 Å². The minimum absolute atomic E-state index is 0.329. The summed E-state index contributed by atoms with van der Waals surface area (Å²) in [5.41, 5.74) is 0. The van der Waals surface area contributed by atoms with Gasteiger partial charge in [0.15, 0.2) is 6.10 Å². The monoisotopic (exact) mass is 190 g/mol. The molecule has 4 nitrogen and oxygen atoms in total. The van der Waals surface area contributed by atoms with Crippen LogP contribution in [-0.2, 0) is 14.3 Å². The van der Waals surface area contributed by atoms with Crippen LogP contribution < -0.4 is 0 Å². The van der Waals surface area contributed by atoms with E-state index in [0.29, 0.717) is 12.5 Å². The van der Waals surface area contributed by atoms with Crippen LogP contribution in [0.5, 0.6) is 0 Å². The number of aliphatic hydroxyl groups is 1. The van der Waals surface area contributed by atoms with Crippen LogP contribution in [0, 0.1) is 5.92 Å². The summed E-state index contributed by atoms with van der Waals surface area (Å²) < 4.78 is 9.57. The van der Waals surface area contributed by atoms with E-state index in [4.69, 9.17) is 9.84 Å². The van der Waals surface area contributed by atoms with Crippen molar-refractivity contribution in [1.82, 2.24) is 0 Å². The highest BCUT2D eigenvalue weighted by atomic mass is 16.6. The third-order valence-electron chi connectivity index (χ3n) is 1.64. The molecular weight excluding hydrogens is 172 g/mol. The van der Waals surface area contributed by atoms with Crippen molar-refractivity contribution in [2.75, 3.05) is 20.3 Å². The molecular formula is C9H18O4. The van der Waals surface area contributed by atoms with Gasteiger partial charge in [-0.2, -0.15) is 0 Å². The number of hydrogen-bond donors (Lipinski definition) is 1. The fraction of sp³-hybridized carbons (Fsp3) is 0.889. The van der Waals surface area contributed by atoms with Crippen LogP contribution >= 0.6 is 0 Å². The topological polar surface area (TPSA) is 55.8 Å². The minimum Gasteiger partial charge on any atom is -0.467 e. The van der Waals surface area contributed by atoms with Gasteiger partial charge in [0.05, 0.1) is 13.7 Å². The molecule has 0 saturated carbocycles. The Morgan fingerprint density at radius 1 is 1.46 bits per heavy atom. The summed E-state index contributed by atoms with van der Waals surface area (Å²) in [6.07, 6.45) is 0.0387. The Bertz CT molecular complexity index is 145. The van der Waals surface area contributed by atoms with E-state index in [9.17, 15) is 4.79 Å². The average Bonchev–Trinajstić information content (AvgIpc) is 2.11. The van der Waals surface area contributed by atoms with E-state index in [1.165, 1.54) is 7.11 Å². The van der Waals surface area contributed by atoms with Crippen LogP contribution in [0.4, 0.5) is 0 Å². The van der Waals surface area contributed by atoms with E-state index in [1.54, 1.807) is 0 Å². The largest absolute Gasteiger partial charge is 0.467 e. The third kappa shape index (κ3) is 5.60. The zero-order valence-corrected chi connectivity index (χ0v) is 8.45. The molecule has 0 aromatic heterocycles. The first-order valence-corrected chi connectivity index (χ1v) is 4.42. The molecule has 0 aliphatic heterocycles. The van der Waals surface area contributed by atoms with Crippen molar-refractivity contribution in [3.8, 4) is 0 Å². The maximum absolute atomic E-state index is 10.9. The second-order valence-corrected chi connectivity index (χ2v) is 3.25. The highest BCUT2D eigenvalue weighted by Crippen LogP contribution is 2.02. The van der Waals surface area contributed by atoms with Gasteiger partial charge in [-0.1, -0.05) is 13.8 Å². The lowest BCUT2D eigenvalue weighted by Gasteiger charge is -2.13. The molecule has 0 aliphatic carbocycles. The van der Waals surface area contributed by atoms with Crippen LogP contribution in [-0.4, -0.2) is 37.5 Å². The molecule has 0 saturated heterocycles. The standard InChI is InChI=1S/C9H18O4/c1-7(2)4-5-13-8(6-10)9(11)12-3/h7-8,10H,4-6H2,1-3H3. The van der Waals surface area contributed by atoms with Crippen molar-refractivity contribution in [3.05, 3.63) is 0 Å². The van der Waals surface area contributed by atoms with Gasteiger partial charge in [0, 0.05) is 6.61 Å². The summed E-state index contributed by atoms with van der Waals surface area (Å²) in [6.45, 7) is 4.27. The Morgan fingerprint density at radius 3 is 2.46 bits per heavy atom. The molecule has 13 heavy (non-hydrogen) atoms. The summed E-state index contributed by atoms with van der Waals surface area (Å²) in [6, 6.07) is 0. The molecule has 1 N–H and O–H groups in total. The summed E-state index contributed by atoms with van der Waals surface area (Å²) in [4.78, 5) is 10.9. The van der Waals surface area contributed by atoms with Crippen LogP contribution in [0.1, 0.15) is 20.3 Å². The van der Waals surface area contributed by atoms with Gasteiger partial charge in [-0.3, -0.25) is 0 Å². The zero-order valence-electron chi connectivity index (χ0n) is 8.45. The molecule has 1 unspecified atom stereocenters. The van der Waals surface area contributed by atoms with Gasteiger partial charge >= 0.3 is 5.97 Å². The molecule has 0 bridgehead atoms. The number of methoxy groups -OCH3 is 1. The smallest absolute Gasteiger partial charge is 0.337 e. The average molecular weight is 190 g/mol. The van der Waals surface area contributed by atoms with Gasteiger partial charge in [0.2, 0.25) is 0 Å². The molecule has 78 valence electrons. The number of carbonyl (C=O) groups excluding carboxylic acids is 1. The highest BCUT2D eigenvalue weighted by Gasteiger charge is 2.18. The van der Waals surface area contributed by atoms with Crippen molar-refractivity contribution >= 4 is 5.97 Å². The van der Waals surface area contributed by atoms with Crippen molar-refractivity contribution in [2.24, 2.45) is 5.92 Å². The molecule has 0 aromatic carbocycles. The predicted molar refractivity (Wildman–Crippen MR) is 48.3 cm³/mol. The molecule has 0 aliphatic rings. The predicted octanol–water partition coefficient (Wildman–Crippen LogP) is 0.583. The van der Waals surface area contributed by atoms with Crippen molar-refractivity contribution in [1.29, 1.82) is 0 Å². The molecule has 0 amide bonds. The van der Waals surface area contributed by atoms with E-state index in [1.807, 2.05) is 0 Å². The van der Waals surface area contributed by atoms with Crippen molar-refractivity contribution in [3.63, 3.8) is 0 Å². The number of ether oxygens (including phenoxy) is 2. The fourth-order valence-corrected chi connectivity index (χ4v) is 0.773. The number of esters is 1. The van der Waals surface area contributed by atoms with E-state index in [0.717, 1.165) is 6.42 Å². The second-order valence-electron chi connectivity index (χ2n) is 3.25. The van der Waals surface area contributed by atoms with Gasteiger partial charge in [-0.15, -0.1) is 0 Å². The zero-order chi connectivity index (χ0) is 10.3.